The highest BCUT2D eigenvalue weighted by molar-refractivity contribution is 5.83. The number of carbonyl (C=O) groups excluding carboxylic acids is 1. The first-order chi connectivity index (χ1) is 11.8. The van der Waals surface area contributed by atoms with Crippen LogP contribution in [0, 0.1) is 11.8 Å². The van der Waals surface area contributed by atoms with Gasteiger partial charge in [0.2, 0.25) is 0 Å². The Morgan fingerprint density at radius 3 is 2.92 bits per heavy atom. The molecule has 2 aliphatic rings. The number of allylic oxidation sites excluding steroid dienone is 3. The maximum absolute atomic E-state index is 14.2. The minimum atomic E-state index is -1.11. The highest BCUT2D eigenvalue weighted by Crippen LogP contribution is 2.43. The van der Waals surface area contributed by atoms with E-state index in [4.69, 9.17) is 0 Å². The van der Waals surface area contributed by atoms with Gasteiger partial charge < -0.3 is 15.1 Å². The van der Waals surface area contributed by atoms with Crippen LogP contribution < -0.4 is 5.32 Å². The first-order valence-electron chi connectivity index (χ1n) is 8.56. The normalized spacial score (nSPS) is 24.6. The van der Waals surface area contributed by atoms with Crippen molar-refractivity contribution < 1.29 is 9.18 Å². The number of benzene rings is 1. The Balaban J connectivity index is 1.58. The van der Waals surface area contributed by atoms with Gasteiger partial charge in [0.1, 0.15) is 12.5 Å². The average Bonchev–Trinajstić information content (AvgIpc) is 3.34. The molecule has 2 aliphatic carbocycles. The molecule has 1 aromatic carbocycles. The van der Waals surface area contributed by atoms with E-state index in [1.54, 1.807) is 12.2 Å². The second-order valence-electron chi connectivity index (χ2n) is 6.74. The van der Waals surface area contributed by atoms with E-state index in [1.165, 1.54) is 23.8 Å². The van der Waals surface area contributed by atoms with Gasteiger partial charge in [0, 0.05) is 35.1 Å². The van der Waals surface area contributed by atoms with Crippen LogP contribution in [0.25, 0.3) is 10.9 Å². The molecule has 2 N–H and O–H groups in total. The number of aromatic nitrogens is 1. The lowest BCUT2D eigenvalue weighted by Gasteiger charge is -2.24. The molecule has 4 rings (SSSR count). The van der Waals surface area contributed by atoms with Gasteiger partial charge in [-0.2, -0.15) is 0 Å². The lowest BCUT2D eigenvalue weighted by Crippen LogP contribution is -2.26. The minimum Gasteiger partial charge on any atom is -0.378 e. The Labute approximate surface area is 140 Å². The zero-order chi connectivity index (χ0) is 16.5. The van der Waals surface area contributed by atoms with Crippen molar-refractivity contribution in [3.63, 3.8) is 0 Å². The fourth-order valence-corrected chi connectivity index (χ4v) is 3.51. The van der Waals surface area contributed by atoms with Crippen LogP contribution in [-0.4, -0.2) is 17.4 Å². The van der Waals surface area contributed by atoms with Crippen LogP contribution >= 0.6 is 0 Å². The Morgan fingerprint density at radius 1 is 1.33 bits per heavy atom. The molecule has 3 nitrogen and oxygen atoms in total. The van der Waals surface area contributed by atoms with Gasteiger partial charge in [0.05, 0.1) is 6.04 Å². The zero-order valence-electron chi connectivity index (χ0n) is 13.4. The molecule has 0 saturated heterocycles. The van der Waals surface area contributed by atoms with Gasteiger partial charge >= 0.3 is 0 Å². The Hall–Kier alpha value is -2.36. The summed E-state index contributed by atoms with van der Waals surface area (Å²) in [7, 11) is 0. The number of nitrogens with one attached hydrogen (secondary N) is 2. The molecule has 1 fully saturated rings. The molecule has 1 aromatic heterocycles. The minimum absolute atomic E-state index is 0.187. The molecule has 2 aromatic rings. The predicted molar refractivity (Wildman–Crippen MR) is 93.2 cm³/mol. The number of H-pyrrole nitrogens is 1. The SMILES string of the molecule is O=CCC1C=CC(NC(c2c[nH]c3ccccc23)C2CC2)=CC1F. The van der Waals surface area contributed by atoms with Gasteiger partial charge in [-0.05, 0) is 42.5 Å². The second-order valence-corrected chi connectivity index (χ2v) is 6.74. The van der Waals surface area contributed by atoms with Crippen LogP contribution in [0.3, 0.4) is 0 Å². The van der Waals surface area contributed by atoms with Crippen LogP contribution in [0.1, 0.15) is 30.9 Å². The molecule has 24 heavy (non-hydrogen) atoms. The number of aldehydes is 1. The number of halogens is 1. The topological polar surface area (TPSA) is 44.9 Å². The van der Waals surface area contributed by atoms with E-state index in [1.807, 2.05) is 18.2 Å². The molecule has 0 amide bonds. The lowest BCUT2D eigenvalue weighted by atomic mass is 9.94. The molecule has 1 saturated carbocycles. The maximum atomic E-state index is 14.2. The summed E-state index contributed by atoms with van der Waals surface area (Å²) in [6, 6.07) is 8.46. The summed E-state index contributed by atoms with van der Waals surface area (Å²) in [6.45, 7) is 0. The highest BCUT2D eigenvalue weighted by Gasteiger charge is 2.34. The summed E-state index contributed by atoms with van der Waals surface area (Å²) in [5.74, 6) is 0.254. The van der Waals surface area contributed by atoms with Gasteiger partial charge in [0.25, 0.3) is 0 Å². The molecule has 0 radical (unpaired) electrons. The third kappa shape index (κ3) is 2.88. The monoisotopic (exact) mass is 324 g/mol. The number of hydrogen-bond donors (Lipinski definition) is 2. The molecule has 3 unspecified atom stereocenters. The van der Waals surface area contributed by atoms with Crippen molar-refractivity contribution in [3.8, 4) is 0 Å². The molecule has 1 heterocycles. The van der Waals surface area contributed by atoms with Crippen LogP contribution in [-0.2, 0) is 4.79 Å². The summed E-state index contributed by atoms with van der Waals surface area (Å²) in [6.07, 6.45) is 9.69. The van der Waals surface area contributed by atoms with Crippen molar-refractivity contribution in [1.82, 2.24) is 10.3 Å². The van der Waals surface area contributed by atoms with Crippen molar-refractivity contribution >= 4 is 17.2 Å². The van der Waals surface area contributed by atoms with E-state index in [9.17, 15) is 9.18 Å². The zero-order valence-corrected chi connectivity index (χ0v) is 13.4. The van der Waals surface area contributed by atoms with Crippen molar-refractivity contribution in [1.29, 1.82) is 0 Å². The smallest absolute Gasteiger partial charge is 0.127 e. The summed E-state index contributed by atoms with van der Waals surface area (Å²) in [5, 5.41) is 4.75. The Morgan fingerprint density at radius 2 is 2.17 bits per heavy atom. The van der Waals surface area contributed by atoms with Gasteiger partial charge in [-0.1, -0.05) is 24.3 Å². The van der Waals surface area contributed by atoms with E-state index in [2.05, 4.69) is 28.6 Å². The fourth-order valence-electron chi connectivity index (χ4n) is 3.51. The molecule has 0 bridgehead atoms. The van der Waals surface area contributed by atoms with Crippen molar-refractivity contribution in [3.05, 3.63) is 60.0 Å². The molecule has 124 valence electrons. The fraction of sp³-hybridized carbons (Fsp3) is 0.350. The number of rotatable bonds is 6. The molecule has 0 spiro atoms. The second kappa shape index (κ2) is 6.27. The summed E-state index contributed by atoms with van der Waals surface area (Å²) >= 11 is 0. The third-order valence-electron chi connectivity index (χ3n) is 5.01. The average molecular weight is 324 g/mol. The van der Waals surface area contributed by atoms with Gasteiger partial charge in [-0.3, -0.25) is 0 Å². The number of para-hydroxylation sites is 1. The molecular weight excluding hydrogens is 303 g/mol. The largest absolute Gasteiger partial charge is 0.378 e. The molecule has 3 atom stereocenters. The Bertz CT molecular complexity index is 803. The van der Waals surface area contributed by atoms with Crippen LogP contribution in [0.4, 0.5) is 4.39 Å². The van der Waals surface area contributed by atoms with Crippen LogP contribution in [0.5, 0.6) is 0 Å². The molecular formula is C20H21FN2O. The van der Waals surface area contributed by atoms with Crippen molar-refractivity contribution in [2.24, 2.45) is 11.8 Å². The van der Waals surface area contributed by atoms with Crippen molar-refractivity contribution in [2.75, 3.05) is 0 Å². The summed E-state index contributed by atoms with van der Waals surface area (Å²) in [4.78, 5) is 13.9. The first kappa shape index (κ1) is 15.2. The third-order valence-corrected chi connectivity index (χ3v) is 5.01. The standard InChI is InChI=1S/C20H21FN2O/c21-18-11-15(8-7-13(18)9-10-24)23-20(14-5-6-14)17-12-22-19-4-2-1-3-16(17)19/h1-4,7-8,10-14,18,20,22-23H,5-6,9H2. The summed E-state index contributed by atoms with van der Waals surface area (Å²) < 4.78 is 14.2. The molecule has 4 heteroatoms. The predicted octanol–water partition coefficient (Wildman–Crippen LogP) is 4.21. The van der Waals surface area contributed by atoms with Crippen LogP contribution in [0.15, 0.2) is 54.4 Å². The Kier molecular flexibility index (Phi) is 3.97. The van der Waals surface area contributed by atoms with Crippen LogP contribution in [0.2, 0.25) is 0 Å². The lowest BCUT2D eigenvalue weighted by molar-refractivity contribution is -0.108. The highest BCUT2D eigenvalue weighted by atomic mass is 19.1. The van der Waals surface area contributed by atoms with E-state index in [0.29, 0.717) is 5.92 Å². The van der Waals surface area contributed by atoms with E-state index < -0.39 is 6.17 Å². The van der Waals surface area contributed by atoms with E-state index >= 15 is 0 Å². The quantitative estimate of drug-likeness (QED) is 0.782. The molecule has 0 aliphatic heterocycles. The van der Waals surface area contributed by atoms with E-state index in [-0.39, 0.29) is 18.4 Å². The number of fused-ring (bicyclic) bond motifs is 1. The number of carbonyl (C=O) groups is 1. The first-order valence-corrected chi connectivity index (χ1v) is 8.56. The van der Waals surface area contributed by atoms with E-state index in [0.717, 1.165) is 17.5 Å². The number of hydrogen-bond acceptors (Lipinski definition) is 2. The van der Waals surface area contributed by atoms with Gasteiger partial charge in [-0.25, -0.2) is 4.39 Å². The summed E-state index contributed by atoms with van der Waals surface area (Å²) in [5.41, 5.74) is 3.18. The number of alkyl halides is 1. The maximum Gasteiger partial charge on any atom is 0.127 e. The van der Waals surface area contributed by atoms with Gasteiger partial charge in [-0.15, -0.1) is 0 Å². The van der Waals surface area contributed by atoms with Gasteiger partial charge in [0.15, 0.2) is 0 Å². The van der Waals surface area contributed by atoms with Crippen molar-refractivity contribution in [2.45, 2.75) is 31.5 Å². The number of aromatic amines is 1.